The topological polar surface area (TPSA) is 52.6 Å². The minimum absolute atomic E-state index is 0.0693. The highest BCUT2D eigenvalue weighted by Crippen LogP contribution is 2.54. The van der Waals surface area contributed by atoms with Crippen LogP contribution in [-0.2, 0) is 19.1 Å². The molecule has 0 aromatic heterocycles. The summed E-state index contributed by atoms with van der Waals surface area (Å²) in [6, 6.07) is 0. The number of hydrogen-bond donors (Lipinski definition) is 0. The maximum Gasteiger partial charge on any atom is 0.333 e. The summed E-state index contributed by atoms with van der Waals surface area (Å²) in [5.74, 6) is 0.639. The summed E-state index contributed by atoms with van der Waals surface area (Å²) in [7, 11) is 1.28. The molecule has 0 radical (unpaired) electrons. The molecule has 0 aliphatic heterocycles. The van der Waals surface area contributed by atoms with Gasteiger partial charge in [-0.2, -0.15) is 0 Å². The molecule has 2 atom stereocenters. The first-order valence-electron chi connectivity index (χ1n) is 5.17. The van der Waals surface area contributed by atoms with E-state index < -0.39 is 5.97 Å². The van der Waals surface area contributed by atoms with E-state index in [0.717, 1.165) is 24.7 Å². The molecule has 82 valence electrons. The summed E-state index contributed by atoms with van der Waals surface area (Å²) in [6.07, 6.45) is 5.68. The molecule has 0 saturated heterocycles. The van der Waals surface area contributed by atoms with Crippen LogP contribution in [0.15, 0.2) is 12.3 Å². The number of rotatable bonds is 4. The average Bonchev–Trinajstić information content (AvgIpc) is 3.04. The zero-order valence-electron chi connectivity index (χ0n) is 8.64. The predicted octanol–water partition coefficient (Wildman–Crippen LogP) is 1.26. The van der Waals surface area contributed by atoms with Gasteiger partial charge in [0.25, 0.3) is 0 Å². The van der Waals surface area contributed by atoms with Gasteiger partial charge in [-0.3, -0.25) is 4.79 Å². The minimum Gasteiger partial charge on any atom is -0.466 e. The third kappa shape index (κ3) is 2.58. The normalized spacial score (nSPS) is 28.9. The molecule has 2 aliphatic carbocycles. The quantitative estimate of drug-likeness (QED) is 0.398. The van der Waals surface area contributed by atoms with E-state index in [4.69, 9.17) is 4.74 Å². The maximum atomic E-state index is 11.4. The van der Waals surface area contributed by atoms with Crippen LogP contribution in [0.1, 0.15) is 19.3 Å². The molecule has 2 aliphatic rings. The zero-order valence-corrected chi connectivity index (χ0v) is 8.64. The van der Waals surface area contributed by atoms with Crippen LogP contribution >= 0.6 is 0 Å². The third-order valence-corrected chi connectivity index (χ3v) is 2.96. The van der Waals surface area contributed by atoms with Gasteiger partial charge in [-0.25, -0.2) is 4.79 Å². The molecule has 15 heavy (non-hydrogen) atoms. The lowest BCUT2D eigenvalue weighted by Crippen LogP contribution is -2.05. The Hall–Kier alpha value is -1.32. The van der Waals surface area contributed by atoms with Crippen molar-refractivity contribution in [2.24, 2.45) is 17.8 Å². The molecule has 2 fully saturated rings. The lowest BCUT2D eigenvalue weighted by Gasteiger charge is -1.97. The van der Waals surface area contributed by atoms with Crippen LogP contribution in [0.25, 0.3) is 0 Å². The van der Waals surface area contributed by atoms with E-state index in [9.17, 15) is 9.59 Å². The highest BCUT2D eigenvalue weighted by molar-refractivity contribution is 5.82. The molecule has 2 saturated carbocycles. The van der Waals surface area contributed by atoms with Crippen molar-refractivity contribution in [1.29, 1.82) is 0 Å². The van der Waals surface area contributed by atoms with Crippen molar-refractivity contribution in [2.45, 2.75) is 19.3 Å². The van der Waals surface area contributed by atoms with Gasteiger partial charge in [0.15, 0.2) is 0 Å². The number of ether oxygens (including phenoxy) is 2. The molecule has 0 amide bonds. The Bertz CT molecular complexity index is 304. The van der Waals surface area contributed by atoms with E-state index in [1.807, 2.05) is 0 Å². The highest BCUT2D eigenvalue weighted by Gasteiger charge is 2.51. The van der Waals surface area contributed by atoms with Crippen LogP contribution in [0.4, 0.5) is 0 Å². The Kier molecular flexibility index (Phi) is 2.75. The van der Waals surface area contributed by atoms with Crippen LogP contribution in [0.2, 0.25) is 0 Å². The van der Waals surface area contributed by atoms with E-state index in [-0.39, 0.29) is 11.9 Å². The Morgan fingerprint density at radius 1 is 1.33 bits per heavy atom. The molecule has 0 heterocycles. The maximum absolute atomic E-state index is 11.4. The fourth-order valence-corrected chi connectivity index (χ4v) is 1.84. The first-order valence-corrected chi connectivity index (χ1v) is 5.17. The van der Waals surface area contributed by atoms with Crippen LogP contribution in [0, 0.1) is 17.8 Å². The predicted molar refractivity (Wildman–Crippen MR) is 51.6 cm³/mol. The largest absolute Gasteiger partial charge is 0.466 e. The second kappa shape index (κ2) is 4.04. The van der Waals surface area contributed by atoms with E-state index in [1.165, 1.54) is 20.0 Å². The number of methoxy groups -OCH3 is 1. The molecule has 0 aromatic rings. The van der Waals surface area contributed by atoms with Crippen molar-refractivity contribution in [3.05, 3.63) is 12.3 Å². The molecule has 4 heteroatoms. The molecule has 0 N–H and O–H groups in total. The second-order valence-electron chi connectivity index (χ2n) is 4.11. The first-order chi connectivity index (χ1) is 7.22. The molecule has 2 unspecified atom stereocenters. The molecule has 0 bridgehead atoms. The summed E-state index contributed by atoms with van der Waals surface area (Å²) in [6.45, 7) is 0. The van der Waals surface area contributed by atoms with Gasteiger partial charge in [-0.05, 0) is 31.1 Å². The Morgan fingerprint density at radius 2 is 2.07 bits per heavy atom. The minimum atomic E-state index is -0.516. The van der Waals surface area contributed by atoms with Crippen molar-refractivity contribution in [2.75, 3.05) is 7.11 Å². The van der Waals surface area contributed by atoms with Gasteiger partial charge < -0.3 is 9.47 Å². The number of hydrogen-bond acceptors (Lipinski definition) is 4. The lowest BCUT2D eigenvalue weighted by atomic mass is 10.2. The first kappa shape index (κ1) is 10.2. The zero-order chi connectivity index (χ0) is 10.8. The van der Waals surface area contributed by atoms with Crippen molar-refractivity contribution in [1.82, 2.24) is 0 Å². The van der Waals surface area contributed by atoms with Gasteiger partial charge in [0.2, 0.25) is 0 Å². The summed E-state index contributed by atoms with van der Waals surface area (Å²) >= 11 is 0. The third-order valence-electron chi connectivity index (χ3n) is 2.96. The van der Waals surface area contributed by atoms with Gasteiger partial charge in [0.1, 0.15) is 6.26 Å². The van der Waals surface area contributed by atoms with Gasteiger partial charge in [0.05, 0.1) is 19.1 Å². The van der Waals surface area contributed by atoms with E-state index in [1.54, 1.807) is 0 Å². The summed E-state index contributed by atoms with van der Waals surface area (Å²) < 4.78 is 9.19. The van der Waals surface area contributed by atoms with Gasteiger partial charge in [-0.15, -0.1) is 0 Å². The monoisotopic (exact) mass is 210 g/mol. The fraction of sp³-hybridized carbons (Fsp3) is 0.636. The highest BCUT2D eigenvalue weighted by atomic mass is 16.5. The second-order valence-corrected chi connectivity index (χ2v) is 4.11. The lowest BCUT2D eigenvalue weighted by molar-refractivity contribution is -0.140. The van der Waals surface area contributed by atoms with Crippen LogP contribution in [0.3, 0.4) is 0 Å². The molecule has 0 aromatic carbocycles. The number of carbonyl (C=O) groups excluding carboxylic acids is 2. The molecule has 0 spiro atoms. The van der Waals surface area contributed by atoms with Crippen LogP contribution in [-0.4, -0.2) is 19.0 Å². The van der Waals surface area contributed by atoms with Crippen LogP contribution < -0.4 is 0 Å². The average molecular weight is 210 g/mol. The molecular weight excluding hydrogens is 196 g/mol. The van der Waals surface area contributed by atoms with Crippen molar-refractivity contribution in [3.8, 4) is 0 Å². The van der Waals surface area contributed by atoms with Crippen LogP contribution in [0.5, 0.6) is 0 Å². The van der Waals surface area contributed by atoms with E-state index in [2.05, 4.69) is 4.74 Å². The van der Waals surface area contributed by atoms with Crippen molar-refractivity contribution < 1.29 is 19.1 Å². The number of esters is 2. The summed E-state index contributed by atoms with van der Waals surface area (Å²) in [5, 5.41) is 0. The van der Waals surface area contributed by atoms with Gasteiger partial charge >= 0.3 is 11.9 Å². The molecule has 4 nitrogen and oxygen atoms in total. The van der Waals surface area contributed by atoms with Crippen molar-refractivity contribution >= 4 is 11.9 Å². The Balaban J connectivity index is 1.69. The van der Waals surface area contributed by atoms with E-state index in [0.29, 0.717) is 5.92 Å². The summed E-state index contributed by atoms with van der Waals surface area (Å²) in [4.78, 5) is 22.1. The fourth-order valence-electron chi connectivity index (χ4n) is 1.84. The van der Waals surface area contributed by atoms with E-state index >= 15 is 0 Å². The SMILES string of the molecule is COC(=O)C=COC(=O)C1CC1C1CC1. The molecule has 2 rings (SSSR count). The van der Waals surface area contributed by atoms with Gasteiger partial charge in [-0.1, -0.05) is 0 Å². The van der Waals surface area contributed by atoms with Crippen molar-refractivity contribution in [3.63, 3.8) is 0 Å². The Morgan fingerprint density at radius 3 is 2.67 bits per heavy atom. The Labute approximate surface area is 88.2 Å². The standard InChI is InChI=1S/C11H14O4/c1-14-10(12)4-5-15-11(13)9-6-8(9)7-2-3-7/h4-5,7-9H,2-3,6H2,1H3. The summed E-state index contributed by atoms with van der Waals surface area (Å²) in [5.41, 5.74) is 0. The number of carbonyl (C=O) groups is 2. The molecular formula is C11H14O4. The van der Waals surface area contributed by atoms with Gasteiger partial charge in [0, 0.05) is 0 Å². The smallest absolute Gasteiger partial charge is 0.333 e.